The van der Waals surface area contributed by atoms with E-state index in [1.807, 2.05) is 6.07 Å². The van der Waals surface area contributed by atoms with Crippen molar-refractivity contribution in [3.63, 3.8) is 0 Å². The molecule has 0 atom stereocenters. The van der Waals surface area contributed by atoms with Crippen LogP contribution < -0.4 is 5.32 Å². The second-order valence-corrected chi connectivity index (χ2v) is 3.47. The fourth-order valence-electron chi connectivity index (χ4n) is 1.09. The summed E-state index contributed by atoms with van der Waals surface area (Å²) in [6.45, 7) is 7.87. The third kappa shape index (κ3) is 3.16. The Bertz CT molecular complexity index is 369. The SMILES string of the molecule is C=CC(=NC)Nc1cc(C(C)C)cnn1. The molecule has 4 heteroatoms. The topological polar surface area (TPSA) is 50.2 Å². The van der Waals surface area contributed by atoms with E-state index in [1.54, 1.807) is 19.3 Å². The molecule has 0 aliphatic rings. The molecule has 1 rings (SSSR count). The lowest BCUT2D eigenvalue weighted by Crippen LogP contribution is -2.10. The van der Waals surface area contributed by atoms with Crippen LogP contribution in [0.3, 0.4) is 0 Å². The van der Waals surface area contributed by atoms with Crippen LogP contribution in [0, 0.1) is 0 Å². The van der Waals surface area contributed by atoms with Crippen LogP contribution >= 0.6 is 0 Å². The van der Waals surface area contributed by atoms with Gasteiger partial charge >= 0.3 is 0 Å². The molecule has 1 N–H and O–H groups in total. The van der Waals surface area contributed by atoms with E-state index < -0.39 is 0 Å². The first-order chi connectivity index (χ1) is 7.17. The van der Waals surface area contributed by atoms with Crippen LogP contribution in [0.15, 0.2) is 29.9 Å². The molecule has 0 saturated heterocycles. The predicted molar refractivity (Wildman–Crippen MR) is 63.3 cm³/mol. The van der Waals surface area contributed by atoms with Crippen LogP contribution in [0.2, 0.25) is 0 Å². The third-order valence-electron chi connectivity index (χ3n) is 2.03. The summed E-state index contributed by atoms with van der Waals surface area (Å²) in [5, 5.41) is 10.9. The molecular weight excluding hydrogens is 188 g/mol. The lowest BCUT2D eigenvalue weighted by molar-refractivity contribution is 0.843. The first-order valence-electron chi connectivity index (χ1n) is 4.86. The maximum absolute atomic E-state index is 4.00. The third-order valence-corrected chi connectivity index (χ3v) is 2.03. The number of aliphatic imine (C=N–C) groups is 1. The Kier molecular flexibility index (Phi) is 3.97. The van der Waals surface area contributed by atoms with Crippen molar-refractivity contribution in [2.75, 3.05) is 12.4 Å². The predicted octanol–water partition coefficient (Wildman–Crippen LogP) is 2.23. The van der Waals surface area contributed by atoms with Gasteiger partial charge in [-0.15, -0.1) is 5.10 Å². The molecule has 1 aromatic heterocycles. The Labute approximate surface area is 90.1 Å². The van der Waals surface area contributed by atoms with Crippen molar-refractivity contribution in [3.8, 4) is 0 Å². The average Bonchev–Trinajstić information content (AvgIpc) is 2.26. The normalized spacial score (nSPS) is 11.6. The molecule has 0 saturated carbocycles. The van der Waals surface area contributed by atoms with Crippen LogP contribution in [0.4, 0.5) is 5.82 Å². The van der Waals surface area contributed by atoms with E-state index in [2.05, 4.69) is 40.9 Å². The highest BCUT2D eigenvalue weighted by atomic mass is 15.2. The molecule has 0 aliphatic heterocycles. The van der Waals surface area contributed by atoms with Gasteiger partial charge in [-0.3, -0.25) is 4.99 Å². The molecule has 1 aromatic rings. The van der Waals surface area contributed by atoms with Crippen LogP contribution in [0.25, 0.3) is 0 Å². The van der Waals surface area contributed by atoms with E-state index in [0.717, 1.165) is 5.56 Å². The zero-order valence-electron chi connectivity index (χ0n) is 9.36. The number of hydrogen-bond acceptors (Lipinski definition) is 3. The highest BCUT2D eigenvalue weighted by Gasteiger charge is 2.02. The Morgan fingerprint density at radius 2 is 2.33 bits per heavy atom. The monoisotopic (exact) mass is 204 g/mol. The van der Waals surface area contributed by atoms with Crippen molar-refractivity contribution >= 4 is 11.7 Å². The summed E-state index contributed by atoms with van der Waals surface area (Å²) in [4.78, 5) is 4.00. The average molecular weight is 204 g/mol. The largest absolute Gasteiger partial charge is 0.324 e. The molecule has 15 heavy (non-hydrogen) atoms. The number of aromatic nitrogens is 2. The molecule has 0 aliphatic carbocycles. The van der Waals surface area contributed by atoms with Gasteiger partial charge < -0.3 is 5.32 Å². The molecule has 0 bridgehead atoms. The van der Waals surface area contributed by atoms with E-state index in [-0.39, 0.29) is 0 Å². The van der Waals surface area contributed by atoms with Crippen molar-refractivity contribution in [1.82, 2.24) is 10.2 Å². The lowest BCUT2D eigenvalue weighted by Gasteiger charge is -2.07. The van der Waals surface area contributed by atoms with Gasteiger partial charge in [0.05, 0.1) is 6.20 Å². The maximum Gasteiger partial charge on any atom is 0.154 e. The van der Waals surface area contributed by atoms with Gasteiger partial charge in [0.25, 0.3) is 0 Å². The van der Waals surface area contributed by atoms with Crippen molar-refractivity contribution in [2.45, 2.75) is 19.8 Å². The minimum Gasteiger partial charge on any atom is -0.324 e. The van der Waals surface area contributed by atoms with E-state index in [4.69, 9.17) is 0 Å². The Balaban J connectivity index is 2.86. The van der Waals surface area contributed by atoms with Gasteiger partial charge in [-0.05, 0) is 23.6 Å². The van der Waals surface area contributed by atoms with Gasteiger partial charge in [-0.2, -0.15) is 5.10 Å². The van der Waals surface area contributed by atoms with Gasteiger partial charge in [0.15, 0.2) is 5.82 Å². The highest BCUT2D eigenvalue weighted by molar-refractivity contribution is 6.02. The molecule has 0 amide bonds. The van der Waals surface area contributed by atoms with Crippen LogP contribution in [0.5, 0.6) is 0 Å². The number of anilines is 1. The van der Waals surface area contributed by atoms with Crippen molar-refractivity contribution in [2.24, 2.45) is 4.99 Å². The molecule has 80 valence electrons. The lowest BCUT2D eigenvalue weighted by atomic mass is 10.1. The maximum atomic E-state index is 4.00. The number of nitrogens with one attached hydrogen (secondary N) is 1. The Hall–Kier alpha value is -1.71. The second-order valence-electron chi connectivity index (χ2n) is 3.47. The molecule has 0 spiro atoms. The molecule has 0 fully saturated rings. The summed E-state index contributed by atoms with van der Waals surface area (Å²) in [6, 6.07) is 1.96. The van der Waals surface area contributed by atoms with Gasteiger partial charge in [0.2, 0.25) is 0 Å². The van der Waals surface area contributed by atoms with Crippen LogP contribution in [0.1, 0.15) is 25.3 Å². The highest BCUT2D eigenvalue weighted by Crippen LogP contribution is 2.14. The van der Waals surface area contributed by atoms with Gasteiger partial charge in [-0.1, -0.05) is 20.4 Å². The Morgan fingerprint density at radius 1 is 1.60 bits per heavy atom. The second kappa shape index (κ2) is 5.24. The van der Waals surface area contributed by atoms with Crippen LogP contribution in [-0.4, -0.2) is 23.1 Å². The molecule has 0 radical (unpaired) electrons. The molecule has 4 nitrogen and oxygen atoms in total. The molecule has 1 heterocycles. The summed E-state index contributed by atoms with van der Waals surface area (Å²) < 4.78 is 0. The van der Waals surface area contributed by atoms with E-state index in [0.29, 0.717) is 17.6 Å². The van der Waals surface area contributed by atoms with E-state index in [9.17, 15) is 0 Å². The summed E-state index contributed by atoms with van der Waals surface area (Å²) in [5.74, 6) is 1.82. The molecule has 0 unspecified atom stereocenters. The molecule has 0 aromatic carbocycles. The van der Waals surface area contributed by atoms with Gasteiger partial charge in [0, 0.05) is 7.05 Å². The number of rotatable bonds is 3. The smallest absolute Gasteiger partial charge is 0.154 e. The summed E-state index contributed by atoms with van der Waals surface area (Å²) >= 11 is 0. The minimum atomic E-state index is 0.437. The minimum absolute atomic E-state index is 0.437. The van der Waals surface area contributed by atoms with Crippen LogP contribution in [-0.2, 0) is 0 Å². The van der Waals surface area contributed by atoms with E-state index in [1.165, 1.54) is 0 Å². The number of hydrogen-bond donors (Lipinski definition) is 1. The van der Waals surface area contributed by atoms with Gasteiger partial charge in [-0.25, -0.2) is 0 Å². The van der Waals surface area contributed by atoms with Crippen molar-refractivity contribution in [3.05, 3.63) is 30.5 Å². The van der Waals surface area contributed by atoms with Gasteiger partial charge in [0.1, 0.15) is 5.84 Å². The standard InChI is InChI=1S/C11H16N4/c1-5-10(12-4)14-11-6-9(8(2)3)7-13-15-11/h5-8H,1H2,2-4H3,(H,12,14,15). The summed E-state index contributed by atoms with van der Waals surface area (Å²) in [7, 11) is 1.70. The number of amidine groups is 1. The zero-order chi connectivity index (χ0) is 11.3. The number of nitrogens with zero attached hydrogens (tertiary/aromatic N) is 3. The first kappa shape index (κ1) is 11.4. The molecular formula is C11H16N4. The van der Waals surface area contributed by atoms with Crippen molar-refractivity contribution < 1.29 is 0 Å². The Morgan fingerprint density at radius 3 is 2.87 bits per heavy atom. The quantitative estimate of drug-likeness (QED) is 0.606. The first-order valence-corrected chi connectivity index (χ1v) is 4.86. The van der Waals surface area contributed by atoms with E-state index >= 15 is 0 Å². The summed E-state index contributed by atoms with van der Waals surface area (Å²) in [5.41, 5.74) is 1.15. The fourth-order valence-corrected chi connectivity index (χ4v) is 1.09. The summed E-state index contributed by atoms with van der Waals surface area (Å²) in [6.07, 6.45) is 3.41. The fraction of sp³-hybridized carbons (Fsp3) is 0.364. The zero-order valence-corrected chi connectivity index (χ0v) is 9.36. The van der Waals surface area contributed by atoms with Crippen molar-refractivity contribution in [1.29, 1.82) is 0 Å².